The molecular formula is C15H28N2O. The van der Waals surface area contributed by atoms with E-state index in [1.165, 1.54) is 32.2 Å². The third kappa shape index (κ3) is 3.25. The van der Waals surface area contributed by atoms with Gasteiger partial charge in [0.15, 0.2) is 0 Å². The Morgan fingerprint density at radius 1 is 1.33 bits per heavy atom. The molecule has 2 rings (SSSR count). The minimum atomic E-state index is -0.0230. The first kappa shape index (κ1) is 13.9. The van der Waals surface area contributed by atoms with Crippen molar-refractivity contribution in [2.75, 3.05) is 19.6 Å². The maximum atomic E-state index is 12.3. The fourth-order valence-electron chi connectivity index (χ4n) is 3.54. The van der Waals surface area contributed by atoms with Gasteiger partial charge in [-0.2, -0.15) is 0 Å². The number of rotatable bonds is 5. The second-order valence-corrected chi connectivity index (χ2v) is 6.10. The third-order valence-electron chi connectivity index (χ3n) is 4.96. The van der Waals surface area contributed by atoms with Gasteiger partial charge in [0, 0.05) is 12.0 Å². The lowest BCUT2D eigenvalue weighted by Crippen LogP contribution is -2.40. The summed E-state index contributed by atoms with van der Waals surface area (Å²) in [5, 5.41) is 6.63. The summed E-state index contributed by atoms with van der Waals surface area (Å²) in [4.78, 5) is 12.3. The van der Waals surface area contributed by atoms with Gasteiger partial charge in [-0.1, -0.05) is 19.8 Å². The van der Waals surface area contributed by atoms with Gasteiger partial charge in [-0.05, 0) is 57.5 Å². The highest BCUT2D eigenvalue weighted by molar-refractivity contribution is 5.82. The van der Waals surface area contributed by atoms with Crippen LogP contribution in [0.1, 0.15) is 58.3 Å². The summed E-state index contributed by atoms with van der Waals surface area (Å²) in [6.45, 7) is 5.33. The maximum Gasteiger partial charge on any atom is 0.226 e. The van der Waals surface area contributed by atoms with Crippen LogP contribution in [0.2, 0.25) is 0 Å². The molecule has 0 unspecified atom stereocenters. The van der Waals surface area contributed by atoms with E-state index in [-0.39, 0.29) is 5.41 Å². The molecule has 1 saturated carbocycles. The molecule has 3 heteroatoms. The van der Waals surface area contributed by atoms with E-state index in [1.54, 1.807) is 0 Å². The Kier molecular flexibility index (Phi) is 5.04. The molecule has 0 aromatic rings. The van der Waals surface area contributed by atoms with Crippen molar-refractivity contribution < 1.29 is 4.79 Å². The van der Waals surface area contributed by atoms with E-state index in [2.05, 4.69) is 17.6 Å². The molecule has 1 saturated heterocycles. The fraction of sp³-hybridized carbons (Fsp3) is 0.933. The lowest BCUT2D eigenvalue weighted by atomic mass is 9.82. The van der Waals surface area contributed by atoms with Crippen molar-refractivity contribution in [2.24, 2.45) is 11.3 Å². The molecule has 0 bridgehead atoms. The highest BCUT2D eigenvalue weighted by atomic mass is 16.2. The van der Waals surface area contributed by atoms with Crippen LogP contribution in [0.3, 0.4) is 0 Å². The van der Waals surface area contributed by atoms with Crippen molar-refractivity contribution in [2.45, 2.75) is 58.3 Å². The second kappa shape index (κ2) is 6.55. The van der Waals surface area contributed by atoms with E-state index < -0.39 is 0 Å². The summed E-state index contributed by atoms with van der Waals surface area (Å²) in [6, 6.07) is 0. The molecule has 0 aromatic carbocycles. The molecule has 1 amide bonds. The Labute approximate surface area is 111 Å². The van der Waals surface area contributed by atoms with Gasteiger partial charge < -0.3 is 10.6 Å². The molecule has 0 radical (unpaired) electrons. The molecule has 2 N–H and O–H groups in total. The van der Waals surface area contributed by atoms with E-state index in [9.17, 15) is 4.79 Å². The van der Waals surface area contributed by atoms with E-state index >= 15 is 0 Å². The van der Waals surface area contributed by atoms with Gasteiger partial charge in [0.2, 0.25) is 5.91 Å². The van der Waals surface area contributed by atoms with Gasteiger partial charge in [0.25, 0.3) is 0 Å². The van der Waals surface area contributed by atoms with Crippen LogP contribution in [0.5, 0.6) is 0 Å². The lowest BCUT2D eigenvalue weighted by Gasteiger charge is -2.27. The molecular weight excluding hydrogens is 224 g/mol. The molecule has 2 fully saturated rings. The molecule has 1 aliphatic carbocycles. The number of carbonyl (C=O) groups is 1. The predicted octanol–water partition coefficient (Wildman–Crippen LogP) is 2.46. The Hall–Kier alpha value is -0.570. The smallest absolute Gasteiger partial charge is 0.226 e. The van der Waals surface area contributed by atoms with E-state index in [0.29, 0.717) is 5.91 Å². The first-order valence-corrected chi connectivity index (χ1v) is 7.76. The summed E-state index contributed by atoms with van der Waals surface area (Å²) in [6.07, 6.45) is 9.41. The first-order valence-electron chi connectivity index (χ1n) is 7.76. The SMILES string of the molecule is CCC1(C(=O)NCC[C@H]2CCCNC2)CCCC1. The zero-order chi connectivity index (χ0) is 12.8. The Morgan fingerprint density at radius 3 is 2.72 bits per heavy atom. The fourth-order valence-corrected chi connectivity index (χ4v) is 3.54. The summed E-state index contributed by atoms with van der Waals surface area (Å²) in [7, 11) is 0. The molecule has 18 heavy (non-hydrogen) atoms. The summed E-state index contributed by atoms with van der Waals surface area (Å²) >= 11 is 0. The third-order valence-corrected chi connectivity index (χ3v) is 4.96. The van der Waals surface area contributed by atoms with Crippen LogP contribution in [0.25, 0.3) is 0 Å². The minimum absolute atomic E-state index is 0.0230. The number of carbonyl (C=O) groups excluding carboxylic acids is 1. The van der Waals surface area contributed by atoms with Crippen molar-refractivity contribution in [1.29, 1.82) is 0 Å². The average Bonchev–Trinajstić information content (AvgIpc) is 2.90. The average molecular weight is 252 g/mol. The maximum absolute atomic E-state index is 12.3. The summed E-state index contributed by atoms with van der Waals surface area (Å²) < 4.78 is 0. The van der Waals surface area contributed by atoms with Gasteiger partial charge in [-0.25, -0.2) is 0 Å². The molecule has 0 aromatic heterocycles. The van der Waals surface area contributed by atoms with Crippen LogP contribution in [0.15, 0.2) is 0 Å². The van der Waals surface area contributed by atoms with Crippen molar-refractivity contribution in [3.05, 3.63) is 0 Å². The van der Waals surface area contributed by atoms with Gasteiger partial charge in [-0.15, -0.1) is 0 Å². The van der Waals surface area contributed by atoms with Crippen molar-refractivity contribution in [3.8, 4) is 0 Å². The first-order chi connectivity index (χ1) is 8.77. The number of piperidine rings is 1. The topological polar surface area (TPSA) is 41.1 Å². The highest BCUT2D eigenvalue weighted by Gasteiger charge is 2.38. The van der Waals surface area contributed by atoms with E-state index in [4.69, 9.17) is 0 Å². The molecule has 1 heterocycles. The molecule has 2 aliphatic rings. The Balaban J connectivity index is 1.70. The van der Waals surface area contributed by atoms with Crippen LogP contribution in [0, 0.1) is 11.3 Å². The van der Waals surface area contributed by atoms with Gasteiger partial charge in [0.05, 0.1) is 0 Å². The van der Waals surface area contributed by atoms with Crippen molar-refractivity contribution >= 4 is 5.91 Å². The monoisotopic (exact) mass is 252 g/mol. The number of amides is 1. The van der Waals surface area contributed by atoms with Crippen LogP contribution in [-0.4, -0.2) is 25.5 Å². The Bertz CT molecular complexity index is 266. The lowest BCUT2D eigenvalue weighted by molar-refractivity contribution is -0.131. The van der Waals surface area contributed by atoms with Gasteiger partial charge >= 0.3 is 0 Å². The Morgan fingerprint density at radius 2 is 2.11 bits per heavy atom. The number of hydrogen-bond donors (Lipinski definition) is 2. The molecule has 0 spiro atoms. The van der Waals surface area contributed by atoms with Crippen LogP contribution < -0.4 is 10.6 Å². The zero-order valence-corrected chi connectivity index (χ0v) is 11.8. The van der Waals surface area contributed by atoms with Crippen LogP contribution >= 0.6 is 0 Å². The minimum Gasteiger partial charge on any atom is -0.356 e. The second-order valence-electron chi connectivity index (χ2n) is 6.10. The van der Waals surface area contributed by atoms with E-state index in [1.807, 2.05) is 0 Å². The highest BCUT2D eigenvalue weighted by Crippen LogP contribution is 2.41. The largest absolute Gasteiger partial charge is 0.356 e. The zero-order valence-electron chi connectivity index (χ0n) is 11.8. The number of nitrogens with one attached hydrogen (secondary N) is 2. The molecule has 104 valence electrons. The molecule has 3 nitrogen and oxygen atoms in total. The van der Waals surface area contributed by atoms with Crippen molar-refractivity contribution in [3.63, 3.8) is 0 Å². The summed E-state index contributed by atoms with van der Waals surface area (Å²) in [5.41, 5.74) is -0.0230. The normalized spacial score (nSPS) is 27.1. The van der Waals surface area contributed by atoms with Crippen molar-refractivity contribution in [1.82, 2.24) is 10.6 Å². The van der Waals surface area contributed by atoms with E-state index in [0.717, 1.165) is 44.7 Å². The summed E-state index contributed by atoms with van der Waals surface area (Å²) in [5.74, 6) is 1.09. The predicted molar refractivity (Wildman–Crippen MR) is 74.4 cm³/mol. The quantitative estimate of drug-likeness (QED) is 0.789. The molecule has 1 atom stereocenters. The number of hydrogen-bond acceptors (Lipinski definition) is 2. The van der Waals surface area contributed by atoms with Gasteiger partial charge in [0.1, 0.15) is 0 Å². The van der Waals surface area contributed by atoms with Crippen LogP contribution in [0.4, 0.5) is 0 Å². The van der Waals surface area contributed by atoms with Crippen LogP contribution in [-0.2, 0) is 4.79 Å². The standard InChI is InChI=1S/C15H28N2O/c1-2-15(8-3-4-9-15)14(18)17-11-7-13-6-5-10-16-12-13/h13,16H,2-12H2,1H3,(H,17,18)/t13-/m1/s1. The molecule has 1 aliphatic heterocycles. The van der Waals surface area contributed by atoms with Gasteiger partial charge in [-0.3, -0.25) is 4.79 Å².